The Morgan fingerprint density at radius 3 is 2.88 bits per heavy atom. The zero-order chi connectivity index (χ0) is 17.8. The normalized spacial score (nSPS) is 10.9. The van der Waals surface area contributed by atoms with E-state index in [9.17, 15) is 9.18 Å². The largest absolute Gasteiger partial charge is 0.486 e. The van der Waals surface area contributed by atoms with Gasteiger partial charge in [-0.3, -0.25) is 19.4 Å². The maximum absolute atomic E-state index is 13.6. The lowest BCUT2D eigenvalue weighted by molar-refractivity contribution is 0.111. The predicted molar refractivity (Wildman–Crippen MR) is 89.8 cm³/mol. The number of halogens is 1. The van der Waals surface area contributed by atoms with Gasteiger partial charge in [0.1, 0.15) is 6.61 Å². The fourth-order valence-corrected chi connectivity index (χ4v) is 2.51. The summed E-state index contributed by atoms with van der Waals surface area (Å²) < 4.78 is 21.1. The van der Waals surface area contributed by atoms with Crippen LogP contribution in [-0.4, -0.2) is 26.0 Å². The van der Waals surface area contributed by atoms with Gasteiger partial charge in [0, 0.05) is 24.0 Å². The SMILES string of the molecule is CC(C)n1nccc1-c1ncccc1COc1cncc(F)c1C=O. The zero-order valence-corrected chi connectivity index (χ0v) is 13.9. The van der Waals surface area contributed by atoms with Crippen LogP contribution < -0.4 is 4.74 Å². The van der Waals surface area contributed by atoms with Crippen molar-refractivity contribution in [2.75, 3.05) is 0 Å². The minimum Gasteiger partial charge on any atom is -0.486 e. The van der Waals surface area contributed by atoms with E-state index in [1.54, 1.807) is 18.5 Å². The molecule has 7 heteroatoms. The van der Waals surface area contributed by atoms with E-state index in [2.05, 4.69) is 15.1 Å². The summed E-state index contributed by atoms with van der Waals surface area (Å²) in [6.07, 6.45) is 6.13. The van der Waals surface area contributed by atoms with Gasteiger partial charge in [-0.1, -0.05) is 6.07 Å². The molecule has 0 bridgehead atoms. The second-order valence-corrected chi connectivity index (χ2v) is 5.71. The maximum Gasteiger partial charge on any atom is 0.156 e. The van der Waals surface area contributed by atoms with Gasteiger partial charge in [0.2, 0.25) is 0 Å². The number of hydrogen-bond acceptors (Lipinski definition) is 5. The molecule has 0 spiro atoms. The maximum atomic E-state index is 13.6. The number of carbonyl (C=O) groups excluding carboxylic acids is 1. The molecule has 0 aliphatic carbocycles. The molecule has 3 aromatic heterocycles. The van der Waals surface area contributed by atoms with E-state index >= 15 is 0 Å². The third kappa shape index (κ3) is 3.40. The van der Waals surface area contributed by atoms with Gasteiger partial charge in [0.25, 0.3) is 0 Å². The summed E-state index contributed by atoms with van der Waals surface area (Å²) in [4.78, 5) is 19.2. The van der Waals surface area contributed by atoms with Crippen molar-refractivity contribution < 1.29 is 13.9 Å². The van der Waals surface area contributed by atoms with Crippen molar-refractivity contribution >= 4 is 6.29 Å². The van der Waals surface area contributed by atoms with Gasteiger partial charge in [-0.05, 0) is 26.0 Å². The van der Waals surface area contributed by atoms with E-state index in [0.717, 1.165) is 23.1 Å². The second-order valence-electron chi connectivity index (χ2n) is 5.71. The first kappa shape index (κ1) is 16.8. The molecule has 0 aromatic carbocycles. The summed E-state index contributed by atoms with van der Waals surface area (Å²) >= 11 is 0. The number of hydrogen-bond donors (Lipinski definition) is 0. The first-order valence-corrected chi connectivity index (χ1v) is 7.81. The average Bonchev–Trinajstić information content (AvgIpc) is 3.10. The van der Waals surface area contributed by atoms with E-state index in [-0.39, 0.29) is 24.0 Å². The van der Waals surface area contributed by atoms with Crippen LogP contribution in [0.15, 0.2) is 43.0 Å². The van der Waals surface area contributed by atoms with Crippen LogP contribution in [0, 0.1) is 5.82 Å². The van der Waals surface area contributed by atoms with Crippen LogP contribution in [0.4, 0.5) is 4.39 Å². The standard InChI is InChI=1S/C18H17FN4O2/c1-12(2)23-16(5-7-22-23)18-13(4-3-6-21-18)11-25-17-9-20-8-15(19)14(17)10-24/h3-10,12H,11H2,1-2H3. The van der Waals surface area contributed by atoms with Crippen molar-refractivity contribution in [3.63, 3.8) is 0 Å². The number of nitrogens with zero attached hydrogens (tertiary/aromatic N) is 4. The lowest BCUT2D eigenvalue weighted by Gasteiger charge is -2.14. The lowest BCUT2D eigenvalue weighted by Crippen LogP contribution is -2.08. The van der Waals surface area contributed by atoms with Crippen LogP contribution >= 0.6 is 0 Å². The number of rotatable bonds is 6. The van der Waals surface area contributed by atoms with Gasteiger partial charge in [-0.15, -0.1) is 0 Å². The van der Waals surface area contributed by atoms with Crippen LogP contribution in [-0.2, 0) is 6.61 Å². The topological polar surface area (TPSA) is 69.9 Å². The van der Waals surface area contributed by atoms with Crippen molar-refractivity contribution in [1.29, 1.82) is 0 Å². The van der Waals surface area contributed by atoms with Crippen molar-refractivity contribution in [2.24, 2.45) is 0 Å². The fourth-order valence-electron chi connectivity index (χ4n) is 2.51. The highest BCUT2D eigenvalue weighted by Gasteiger charge is 2.15. The third-order valence-electron chi connectivity index (χ3n) is 3.70. The molecule has 0 saturated carbocycles. The minimum atomic E-state index is -0.711. The van der Waals surface area contributed by atoms with Gasteiger partial charge < -0.3 is 4.74 Å². The Kier molecular flexibility index (Phi) is 4.83. The monoisotopic (exact) mass is 340 g/mol. The number of carbonyl (C=O) groups is 1. The zero-order valence-electron chi connectivity index (χ0n) is 13.9. The molecule has 0 radical (unpaired) electrons. The number of ether oxygens (including phenoxy) is 1. The van der Waals surface area contributed by atoms with Gasteiger partial charge in [0.15, 0.2) is 17.9 Å². The molecule has 0 aliphatic rings. The Balaban J connectivity index is 1.91. The predicted octanol–water partition coefficient (Wildman–Crippen LogP) is 3.45. The van der Waals surface area contributed by atoms with Gasteiger partial charge >= 0.3 is 0 Å². The van der Waals surface area contributed by atoms with Crippen LogP contribution in [0.1, 0.15) is 35.8 Å². The molecule has 0 unspecified atom stereocenters. The Bertz CT molecular complexity index is 892. The molecular formula is C18H17FN4O2. The average molecular weight is 340 g/mol. The summed E-state index contributed by atoms with van der Waals surface area (Å²) in [5, 5.41) is 4.32. The molecule has 0 fully saturated rings. The molecule has 0 aliphatic heterocycles. The molecule has 3 heterocycles. The van der Waals surface area contributed by atoms with E-state index in [1.165, 1.54) is 6.20 Å². The fraction of sp³-hybridized carbons (Fsp3) is 0.222. The summed E-state index contributed by atoms with van der Waals surface area (Å²) in [7, 11) is 0. The molecule has 3 rings (SSSR count). The Hall–Kier alpha value is -3.09. The van der Waals surface area contributed by atoms with Crippen molar-refractivity contribution in [3.05, 3.63) is 59.9 Å². The molecule has 0 atom stereocenters. The summed E-state index contributed by atoms with van der Waals surface area (Å²) in [5.74, 6) is -0.612. The summed E-state index contributed by atoms with van der Waals surface area (Å²) in [6, 6.07) is 5.72. The Morgan fingerprint density at radius 1 is 1.28 bits per heavy atom. The lowest BCUT2D eigenvalue weighted by atomic mass is 10.1. The van der Waals surface area contributed by atoms with Crippen LogP contribution in [0.2, 0.25) is 0 Å². The number of pyridine rings is 2. The van der Waals surface area contributed by atoms with Crippen molar-refractivity contribution in [2.45, 2.75) is 26.5 Å². The molecule has 0 N–H and O–H groups in total. The molecule has 128 valence electrons. The first-order chi connectivity index (χ1) is 12.1. The van der Waals surface area contributed by atoms with Crippen molar-refractivity contribution in [3.8, 4) is 17.1 Å². The molecule has 6 nitrogen and oxygen atoms in total. The van der Waals surface area contributed by atoms with Gasteiger partial charge in [0.05, 0.1) is 29.3 Å². The third-order valence-corrected chi connectivity index (χ3v) is 3.70. The highest BCUT2D eigenvalue weighted by molar-refractivity contribution is 5.79. The second kappa shape index (κ2) is 7.21. The number of aldehydes is 1. The van der Waals surface area contributed by atoms with Gasteiger partial charge in [-0.25, -0.2) is 4.39 Å². The van der Waals surface area contributed by atoms with Gasteiger partial charge in [-0.2, -0.15) is 5.10 Å². The molecule has 0 saturated heterocycles. The smallest absolute Gasteiger partial charge is 0.156 e. The van der Waals surface area contributed by atoms with Crippen LogP contribution in [0.5, 0.6) is 5.75 Å². The Morgan fingerprint density at radius 2 is 2.12 bits per heavy atom. The highest BCUT2D eigenvalue weighted by Crippen LogP contribution is 2.25. The molecule has 3 aromatic rings. The summed E-state index contributed by atoms with van der Waals surface area (Å²) in [5.41, 5.74) is 2.24. The molecule has 0 amide bonds. The van der Waals surface area contributed by atoms with Crippen LogP contribution in [0.25, 0.3) is 11.4 Å². The van der Waals surface area contributed by atoms with E-state index in [4.69, 9.17) is 4.74 Å². The molecule has 25 heavy (non-hydrogen) atoms. The minimum absolute atomic E-state index is 0.0992. The summed E-state index contributed by atoms with van der Waals surface area (Å²) in [6.45, 7) is 4.19. The first-order valence-electron chi connectivity index (χ1n) is 7.81. The number of aromatic nitrogens is 4. The highest BCUT2D eigenvalue weighted by atomic mass is 19.1. The van der Waals surface area contributed by atoms with E-state index in [0.29, 0.717) is 6.29 Å². The van der Waals surface area contributed by atoms with E-state index < -0.39 is 5.82 Å². The Labute approximate surface area is 144 Å². The quantitative estimate of drug-likeness (QED) is 0.643. The van der Waals surface area contributed by atoms with E-state index in [1.807, 2.05) is 30.7 Å². The van der Waals surface area contributed by atoms with Crippen molar-refractivity contribution in [1.82, 2.24) is 19.7 Å². The van der Waals surface area contributed by atoms with Crippen LogP contribution in [0.3, 0.4) is 0 Å². The molecular weight excluding hydrogens is 323 g/mol.